The summed E-state index contributed by atoms with van der Waals surface area (Å²) in [7, 11) is -3.68. The predicted octanol–water partition coefficient (Wildman–Crippen LogP) is 2.53. The molecule has 20 heavy (non-hydrogen) atoms. The van der Waals surface area contributed by atoms with Crippen molar-refractivity contribution < 1.29 is 12.8 Å². The molecule has 1 aromatic rings. The molecule has 0 spiro atoms. The van der Waals surface area contributed by atoms with Crippen LogP contribution in [0.5, 0.6) is 0 Å². The Labute approximate surface area is 119 Å². The van der Waals surface area contributed by atoms with E-state index in [9.17, 15) is 12.8 Å². The molecule has 112 valence electrons. The zero-order valence-corrected chi connectivity index (χ0v) is 12.9. The zero-order valence-electron chi connectivity index (χ0n) is 12.1. The van der Waals surface area contributed by atoms with Gasteiger partial charge in [0.2, 0.25) is 10.0 Å². The number of halogens is 1. The lowest BCUT2D eigenvalue weighted by Gasteiger charge is -2.24. The SMILES string of the molecule is Cc1c(N)cc(S(=O)(=O)N(CC(C)C)C2CC2)cc1F. The number of benzene rings is 1. The van der Waals surface area contributed by atoms with Gasteiger partial charge in [-0.2, -0.15) is 4.31 Å². The summed E-state index contributed by atoms with van der Waals surface area (Å²) in [5.74, 6) is -0.359. The van der Waals surface area contributed by atoms with Gasteiger partial charge in [0, 0.05) is 23.8 Å². The lowest BCUT2D eigenvalue weighted by Crippen LogP contribution is -2.36. The molecule has 0 saturated heterocycles. The quantitative estimate of drug-likeness (QED) is 0.850. The number of rotatable bonds is 5. The molecule has 1 fully saturated rings. The number of nitrogen functional groups attached to an aromatic ring is 1. The van der Waals surface area contributed by atoms with Crippen LogP contribution in [0.15, 0.2) is 17.0 Å². The second-order valence-electron chi connectivity index (χ2n) is 5.82. The maximum absolute atomic E-state index is 13.8. The summed E-state index contributed by atoms with van der Waals surface area (Å²) in [5, 5.41) is 0. The number of hydrogen-bond acceptors (Lipinski definition) is 3. The Morgan fingerprint density at radius 1 is 1.40 bits per heavy atom. The molecule has 1 saturated carbocycles. The van der Waals surface area contributed by atoms with E-state index in [0.29, 0.717) is 6.54 Å². The van der Waals surface area contributed by atoms with Crippen molar-refractivity contribution in [3.63, 3.8) is 0 Å². The van der Waals surface area contributed by atoms with E-state index in [1.54, 1.807) is 0 Å². The maximum Gasteiger partial charge on any atom is 0.243 e. The third-order valence-electron chi connectivity index (χ3n) is 3.46. The third kappa shape index (κ3) is 2.96. The van der Waals surface area contributed by atoms with Crippen LogP contribution < -0.4 is 5.73 Å². The molecule has 2 rings (SSSR count). The van der Waals surface area contributed by atoms with Crippen LogP contribution in [0, 0.1) is 18.7 Å². The Morgan fingerprint density at radius 2 is 2.00 bits per heavy atom. The lowest BCUT2D eigenvalue weighted by molar-refractivity contribution is 0.360. The topological polar surface area (TPSA) is 63.4 Å². The molecule has 0 radical (unpaired) electrons. The second kappa shape index (κ2) is 5.33. The second-order valence-corrected chi connectivity index (χ2v) is 7.71. The van der Waals surface area contributed by atoms with Crippen molar-refractivity contribution in [1.82, 2.24) is 4.31 Å². The summed E-state index contributed by atoms with van der Waals surface area (Å²) < 4.78 is 40.6. The normalized spacial score (nSPS) is 16.1. The molecule has 1 aromatic carbocycles. The van der Waals surface area contributed by atoms with Gasteiger partial charge in [0.25, 0.3) is 0 Å². The molecule has 2 N–H and O–H groups in total. The summed E-state index contributed by atoms with van der Waals surface area (Å²) in [6.07, 6.45) is 1.74. The minimum Gasteiger partial charge on any atom is -0.398 e. The average molecular weight is 300 g/mol. The van der Waals surface area contributed by atoms with Gasteiger partial charge < -0.3 is 5.73 Å². The van der Waals surface area contributed by atoms with E-state index in [1.165, 1.54) is 17.3 Å². The van der Waals surface area contributed by atoms with Crippen LogP contribution in [0.4, 0.5) is 10.1 Å². The summed E-state index contributed by atoms with van der Waals surface area (Å²) in [6, 6.07) is 2.47. The van der Waals surface area contributed by atoms with Gasteiger partial charge in [-0.05, 0) is 37.8 Å². The van der Waals surface area contributed by atoms with Gasteiger partial charge in [0.1, 0.15) is 5.82 Å². The first kappa shape index (κ1) is 15.3. The minimum absolute atomic E-state index is 0.0491. The lowest BCUT2D eigenvalue weighted by atomic mass is 10.2. The largest absolute Gasteiger partial charge is 0.398 e. The van der Waals surface area contributed by atoms with Crippen molar-refractivity contribution in [2.45, 2.75) is 44.6 Å². The average Bonchev–Trinajstić information content (AvgIpc) is 3.16. The Morgan fingerprint density at radius 3 is 2.45 bits per heavy atom. The van der Waals surface area contributed by atoms with Crippen LogP contribution in [0.1, 0.15) is 32.3 Å². The van der Waals surface area contributed by atoms with Crippen LogP contribution in [-0.4, -0.2) is 25.3 Å². The molecule has 0 atom stereocenters. The fraction of sp³-hybridized carbons (Fsp3) is 0.571. The Balaban J connectivity index is 2.42. The number of sulfonamides is 1. The summed E-state index contributed by atoms with van der Waals surface area (Å²) >= 11 is 0. The van der Waals surface area contributed by atoms with E-state index in [4.69, 9.17) is 5.73 Å². The monoisotopic (exact) mass is 300 g/mol. The van der Waals surface area contributed by atoms with Crippen LogP contribution in [0.3, 0.4) is 0 Å². The molecule has 0 unspecified atom stereocenters. The van der Waals surface area contributed by atoms with Gasteiger partial charge in [-0.1, -0.05) is 13.8 Å². The Hall–Kier alpha value is -1.14. The van der Waals surface area contributed by atoms with Crippen LogP contribution in [-0.2, 0) is 10.0 Å². The van der Waals surface area contributed by atoms with Crippen molar-refractivity contribution in [3.05, 3.63) is 23.5 Å². The number of nitrogens with zero attached hydrogens (tertiary/aromatic N) is 1. The molecular formula is C14H21FN2O2S. The first-order valence-corrected chi connectivity index (χ1v) is 8.25. The van der Waals surface area contributed by atoms with Gasteiger partial charge >= 0.3 is 0 Å². The van der Waals surface area contributed by atoms with Crippen molar-refractivity contribution >= 4 is 15.7 Å². The molecule has 4 nitrogen and oxygen atoms in total. The van der Waals surface area contributed by atoms with Gasteiger partial charge in [-0.3, -0.25) is 0 Å². The highest BCUT2D eigenvalue weighted by molar-refractivity contribution is 7.89. The number of nitrogens with two attached hydrogens (primary N) is 1. The fourth-order valence-electron chi connectivity index (χ4n) is 2.12. The molecule has 0 amide bonds. The first-order valence-electron chi connectivity index (χ1n) is 6.81. The molecule has 0 heterocycles. The van der Waals surface area contributed by atoms with E-state index in [2.05, 4.69) is 0 Å². The fourth-order valence-corrected chi connectivity index (χ4v) is 4.02. The highest BCUT2D eigenvalue weighted by Gasteiger charge is 2.38. The Bertz CT molecular complexity index is 587. The van der Waals surface area contributed by atoms with Crippen molar-refractivity contribution in [1.29, 1.82) is 0 Å². The molecule has 6 heteroatoms. The molecule has 1 aliphatic carbocycles. The van der Waals surface area contributed by atoms with Crippen LogP contribution >= 0.6 is 0 Å². The van der Waals surface area contributed by atoms with E-state index < -0.39 is 15.8 Å². The van der Waals surface area contributed by atoms with E-state index >= 15 is 0 Å². The predicted molar refractivity (Wildman–Crippen MR) is 77.3 cm³/mol. The minimum atomic E-state index is -3.68. The van der Waals surface area contributed by atoms with E-state index in [1.807, 2.05) is 13.8 Å². The maximum atomic E-state index is 13.8. The summed E-state index contributed by atoms with van der Waals surface area (Å²) in [6.45, 7) is 5.92. The first-order chi connectivity index (χ1) is 9.23. The Kier molecular flexibility index (Phi) is 4.07. The van der Waals surface area contributed by atoms with Gasteiger partial charge in [0.05, 0.1) is 4.90 Å². The van der Waals surface area contributed by atoms with Crippen molar-refractivity contribution in [3.8, 4) is 0 Å². The molecule has 0 aromatic heterocycles. The molecule has 1 aliphatic rings. The van der Waals surface area contributed by atoms with Gasteiger partial charge in [-0.15, -0.1) is 0 Å². The number of hydrogen-bond donors (Lipinski definition) is 1. The van der Waals surface area contributed by atoms with Crippen molar-refractivity contribution in [2.24, 2.45) is 5.92 Å². The number of anilines is 1. The van der Waals surface area contributed by atoms with Gasteiger partial charge in [0.15, 0.2) is 0 Å². The third-order valence-corrected chi connectivity index (χ3v) is 5.36. The van der Waals surface area contributed by atoms with Gasteiger partial charge in [-0.25, -0.2) is 12.8 Å². The smallest absolute Gasteiger partial charge is 0.243 e. The van der Waals surface area contributed by atoms with Crippen LogP contribution in [0.2, 0.25) is 0 Å². The molecule has 0 aliphatic heterocycles. The summed E-state index contributed by atoms with van der Waals surface area (Å²) in [4.78, 5) is -0.0503. The highest BCUT2D eigenvalue weighted by atomic mass is 32.2. The van der Waals surface area contributed by atoms with E-state index in [-0.39, 0.29) is 28.1 Å². The molecule has 0 bridgehead atoms. The zero-order chi connectivity index (χ0) is 15.1. The molecular weight excluding hydrogens is 279 g/mol. The summed E-state index contributed by atoms with van der Waals surface area (Å²) in [5.41, 5.74) is 6.14. The highest BCUT2D eigenvalue weighted by Crippen LogP contribution is 2.33. The van der Waals surface area contributed by atoms with Crippen molar-refractivity contribution in [2.75, 3.05) is 12.3 Å². The standard InChI is InChI=1S/C14H21FN2O2S/c1-9(2)8-17(11-4-5-11)20(18,19)12-6-13(15)10(3)14(16)7-12/h6-7,9,11H,4-5,8,16H2,1-3H3. The van der Waals surface area contributed by atoms with E-state index in [0.717, 1.165) is 18.9 Å². The van der Waals surface area contributed by atoms with Crippen LogP contribution in [0.25, 0.3) is 0 Å².